The summed E-state index contributed by atoms with van der Waals surface area (Å²) >= 11 is 0. The van der Waals surface area contributed by atoms with E-state index in [2.05, 4.69) is 32.2 Å². The molecule has 0 amide bonds. The van der Waals surface area contributed by atoms with Gasteiger partial charge in [0.15, 0.2) is 18.4 Å². The van der Waals surface area contributed by atoms with Crippen LogP contribution in [-0.4, -0.2) is 107 Å². The average Bonchev–Trinajstić information content (AvgIpc) is 3.65. The minimum Gasteiger partial charge on any atom is -0.462 e. The van der Waals surface area contributed by atoms with Crippen molar-refractivity contribution < 1.29 is 47.5 Å². The van der Waals surface area contributed by atoms with Crippen LogP contribution < -0.4 is 5.32 Å². The molecule has 1 N–H and O–H groups in total. The number of esters is 1. The molecule has 4 aliphatic heterocycles. The predicted molar refractivity (Wildman–Crippen MR) is 187 cm³/mol. The van der Waals surface area contributed by atoms with Gasteiger partial charge in [0.2, 0.25) is 0 Å². The van der Waals surface area contributed by atoms with Crippen LogP contribution in [0, 0.1) is 41.4 Å². The summed E-state index contributed by atoms with van der Waals surface area (Å²) in [6.07, 6.45) is 6.82. The molecular formula is C40H63NO10. The van der Waals surface area contributed by atoms with E-state index in [1.165, 1.54) is 0 Å². The molecule has 7 rings (SSSR count). The molecule has 0 radical (unpaired) electrons. The Kier molecular flexibility index (Phi) is 11.7. The van der Waals surface area contributed by atoms with Gasteiger partial charge < -0.3 is 43.2 Å². The molecule has 11 nitrogen and oxygen atoms in total. The van der Waals surface area contributed by atoms with Crippen molar-refractivity contribution in [2.24, 2.45) is 41.4 Å². The van der Waals surface area contributed by atoms with Gasteiger partial charge in [0, 0.05) is 45.2 Å². The van der Waals surface area contributed by atoms with E-state index < -0.39 is 12.4 Å². The first kappa shape index (κ1) is 37.9. The molecule has 6 unspecified atom stereocenters. The number of allylic oxidation sites excluding steroid dienone is 2. The lowest BCUT2D eigenvalue weighted by molar-refractivity contribution is -0.314. The van der Waals surface area contributed by atoms with Gasteiger partial charge >= 0.3 is 5.97 Å². The molecule has 288 valence electrons. The Morgan fingerprint density at radius 3 is 2.27 bits per heavy atom. The molecule has 4 heterocycles. The van der Waals surface area contributed by atoms with Gasteiger partial charge in [-0.1, -0.05) is 26.8 Å². The number of nitrogens with one attached hydrogen (secondary N) is 1. The summed E-state index contributed by atoms with van der Waals surface area (Å²) in [5, 5.41) is 3.82. The van der Waals surface area contributed by atoms with Gasteiger partial charge in [-0.25, -0.2) is 0 Å². The van der Waals surface area contributed by atoms with Crippen LogP contribution in [0.2, 0.25) is 0 Å². The minimum absolute atomic E-state index is 0.0263. The maximum atomic E-state index is 14.7. The largest absolute Gasteiger partial charge is 0.462 e. The molecule has 2 saturated carbocycles. The molecule has 11 heteroatoms. The van der Waals surface area contributed by atoms with Gasteiger partial charge in [-0.05, 0) is 100 Å². The maximum Gasteiger partial charge on any atom is 0.306 e. The first-order valence-corrected chi connectivity index (χ1v) is 20.0. The number of methoxy groups -OCH3 is 3. The topological polar surface area (TPSA) is 130 Å². The molecule has 19 atom stereocenters. The molecule has 6 fully saturated rings. The zero-order valence-corrected chi connectivity index (χ0v) is 32.0. The number of ether oxygens (including phenoxy) is 8. The fraction of sp³-hybridized carbons (Fsp3) is 0.900. The second-order valence-corrected chi connectivity index (χ2v) is 16.8. The number of carbonyl (C=O) groups is 2. The van der Waals surface area contributed by atoms with Crippen molar-refractivity contribution in [3.8, 4) is 0 Å². The van der Waals surface area contributed by atoms with Crippen LogP contribution in [0.25, 0.3) is 0 Å². The van der Waals surface area contributed by atoms with E-state index in [1.807, 2.05) is 13.8 Å². The van der Waals surface area contributed by atoms with Gasteiger partial charge in [-0.2, -0.15) is 0 Å². The summed E-state index contributed by atoms with van der Waals surface area (Å²) in [7, 11) is 5.00. The lowest BCUT2D eigenvalue weighted by Crippen LogP contribution is -2.59. The van der Waals surface area contributed by atoms with Crippen molar-refractivity contribution >= 4 is 11.8 Å². The summed E-state index contributed by atoms with van der Waals surface area (Å²) in [4.78, 5) is 28.3. The van der Waals surface area contributed by atoms with Gasteiger partial charge in [0.1, 0.15) is 24.4 Å². The Hall–Kier alpha value is -1.44. The van der Waals surface area contributed by atoms with E-state index in [0.29, 0.717) is 23.8 Å². The monoisotopic (exact) mass is 717 g/mol. The van der Waals surface area contributed by atoms with E-state index >= 15 is 0 Å². The first-order chi connectivity index (χ1) is 24.6. The summed E-state index contributed by atoms with van der Waals surface area (Å²) in [6, 6.07) is 0.618. The highest BCUT2D eigenvalue weighted by molar-refractivity contribution is 5.99. The van der Waals surface area contributed by atoms with Crippen LogP contribution in [0.3, 0.4) is 0 Å². The average molecular weight is 718 g/mol. The first-order valence-electron chi connectivity index (χ1n) is 20.0. The highest BCUT2D eigenvalue weighted by atomic mass is 16.7. The third-order valence-corrected chi connectivity index (χ3v) is 14.0. The van der Waals surface area contributed by atoms with Gasteiger partial charge in [0.25, 0.3) is 0 Å². The quantitative estimate of drug-likeness (QED) is 0.270. The Balaban J connectivity index is 1.12. The molecule has 4 saturated heterocycles. The standard InChI is InChI=1S/C40H63NO10/c1-9-23-11-10-12-30(51-32-14-13-19(2)21(4)47-32)20(3)36(43)29-17-26-25-15-24(50-40-39(46-8)38(45-7)37(44-6)22(5)48-40)16-28(25)34-35(41-34)33(26)27(29)18-31(42)49-23/h17,19-28,30,32-35,37-41H,9-16,18H2,1-8H3/t19-,20+,21?,22?,23-,24-,25-,26-,27+,28+,30-,32-,33+,34?,35?,37-,38?,39?,40-/m0/s1. The zero-order valence-electron chi connectivity index (χ0n) is 32.0. The number of hydrogen-bond acceptors (Lipinski definition) is 11. The van der Waals surface area contributed by atoms with Crippen LogP contribution in [0.15, 0.2) is 11.6 Å². The molecule has 0 bridgehead atoms. The van der Waals surface area contributed by atoms with Crippen LogP contribution in [0.1, 0.15) is 92.4 Å². The van der Waals surface area contributed by atoms with Crippen LogP contribution in [0.4, 0.5) is 0 Å². The Morgan fingerprint density at radius 1 is 0.824 bits per heavy atom. The highest BCUT2D eigenvalue weighted by Crippen LogP contribution is 2.60. The van der Waals surface area contributed by atoms with Gasteiger partial charge in [-0.3, -0.25) is 9.59 Å². The number of cyclic esters (lactones) is 1. The predicted octanol–water partition coefficient (Wildman–Crippen LogP) is 4.98. The smallest absolute Gasteiger partial charge is 0.306 e. The number of hydrogen-bond donors (Lipinski definition) is 1. The second-order valence-electron chi connectivity index (χ2n) is 16.8. The number of Topliss-reactive ketones (excluding diaryl/α,β-unsaturated/α-hetero) is 1. The molecule has 0 aromatic heterocycles. The molecule has 0 spiro atoms. The summed E-state index contributed by atoms with van der Waals surface area (Å²) in [5.41, 5.74) is 0.804. The third kappa shape index (κ3) is 7.36. The van der Waals surface area contributed by atoms with E-state index in [1.54, 1.807) is 21.3 Å². The lowest BCUT2D eigenvalue weighted by atomic mass is 9.66. The van der Waals surface area contributed by atoms with Crippen molar-refractivity contribution in [3.63, 3.8) is 0 Å². The summed E-state index contributed by atoms with van der Waals surface area (Å²) < 4.78 is 49.6. The Labute approximate surface area is 304 Å². The summed E-state index contributed by atoms with van der Waals surface area (Å²) in [6.45, 7) is 10.4. The van der Waals surface area contributed by atoms with Gasteiger partial charge in [0.05, 0.1) is 30.8 Å². The van der Waals surface area contributed by atoms with Crippen molar-refractivity contribution in [1.29, 1.82) is 0 Å². The molecule has 7 aliphatic rings. The van der Waals surface area contributed by atoms with E-state index in [0.717, 1.165) is 56.9 Å². The molecule has 0 aromatic carbocycles. The van der Waals surface area contributed by atoms with Crippen molar-refractivity contribution in [3.05, 3.63) is 11.6 Å². The fourth-order valence-corrected chi connectivity index (χ4v) is 10.9. The SMILES string of the molecule is CC[C@H]1CCC[C@H](O[C@H]2CC[C@H](C)C(C)O2)[C@@H](C)C(=O)C2=C[C@H]3[C@@H]4C[C@H](O[C@@H]5OC(C)[C@H](OC)C(OC)C5OC)C[C@H]4C4NC4[C@H]3[C@@H]2CC(=O)O1. The lowest BCUT2D eigenvalue weighted by Gasteiger charge is -2.44. The van der Waals surface area contributed by atoms with E-state index in [-0.39, 0.29) is 96.9 Å². The molecule has 3 aliphatic carbocycles. The number of carbonyl (C=O) groups excluding carboxylic acids is 2. The van der Waals surface area contributed by atoms with Crippen LogP contribution >= 0.6 is 0 Å². The maximum absolute atomic E-state index is 14.7. The van der Waals surface area contributed by atoms with Gasteiger partial charge in [-0.15, -0.1) is 0 Å². The van der Waals surface area contributed by atoms with E-state index in [4.69, 9.17) is 37.9 Å². The molecule has 51 heavy (non-hydrogen) atoms. The molecular weight excluding hydrogens is 654 g/mol. The van der Waals surface area contributed by atoms with Crippen LogP contribution in [0.5, 0.6) is 0 Å². The van der Waals surface area contributed by atoms with Crippen molar-refractivity contribution in [2.75, 3.05) is 21.3 Å². The zero-order chi connectivity index (χ0) is 36.1. The number of rotatable bonds is 8. The van der Waals surface area contributed by atoms with Crippen molar-refractivity contribution in [2.45, 2.75) is 166 Å². The minimum atomic E-state index is -0.581. The fourth-order valence-electron chi connectivity index (χ4n) is 10.9. The summed E-state index contributed by atoms with van der Waals surface area (Å²) in [5.74, 6) is 0.976. The number of fused-ring (bicyclic) bond motifs is 8. The number of ketones is 1. The van der Waals surface area contributed by atoms with Crippen molar-refractivity contribution in [1.82, 2.24) is 5.32 Å². The highest BCUT2D eigenvalue weighted by Gasteiger charge is 2.65. The Bertz CT molecular complexity index is 1280. The normalized spacial score (nSPS) is 50.1. The second kappa shape index (κ2) is 15.7. The molecule has 0 aromatic rings. The Morgan fingerprint density at radius 2 is 1.57 bits per heavy atom. The van der Waals surface area contributed by atoms with Crippen LogP contribution in [-0.2, 0) is 47.5 Å². The van der Waals surface area contributed by atoms with E-state index in [9.17, 15) is 9.59 Å². The third-order valence-electron chi connectivity index (χ3n) is 14.0.